The van der Waals surface area contributed by atoms with Crippen LogP contribution in [0.5, 0.6) is 0 Å². The Morgan fingerprint density at radius 3 is 2.31 bits per heavy atom. The Kier molecular flexibility index (Phi) is 2.73. The van der Waals surface area contributed by atoms with Gasteiger partial charge in [-0.2, -0.15) is 0 Å². The quantitative estimate of drug-likeness (QED) is 0.773. The van der Waals surface area contributed by atoms with E-state index < -0.39 is 0 Å². The minimum atomic E-state index is 0.316. The van der Waals surface area contributed by atoms with Gasteiger partial charge in [0.1, 0.15) is 6.33 Å². The lowest BCUT2D eigenvalue weighted by atomic mass is 9.88. The number of tetrazole rings is 1. The molecule has 2 aromatic rings. The SMILES string of the molecule is CC(C)(C)Cc1ccc(-n2cnnn2)cc1. The first-order valence-corrected chi connectivity index (χ1v) is 5.37. The zero-order valence-corrected chi connectivity index (χ0v) is 9.88. The summed E-state index contributed by atoms with van der Waals surface area (Å²) in [5.41, 5.74) is 2.64. The van der Waals surface area contributed by atoms with Crippen molar-refractivity contribution in [2.75, 3.05) is 0 Å². The second-order valence-corrected chi connectivity index (χ2v) is 5.16. The van der Waals surface area contributed by atoms with Gasteiger partial charge in [0.15, 0.2) is 0 Å². The van der Waals surface area contributed by atoms with E-state index in [4.69, 9.17) is 0 Å². The van der Waals surface area contributed by atoms with Crippen molar-refractivity contribution in [1.29, 1.82) is 0 Å². The topological polar surface area (TPSA) is 43.6 Å². The van der Waals surface area contributed by atoms with Crippen LogP contribution < -0.4 is 0 Å². The summed E-state index contributed by atoms with van der Waals surface area (Å²) < 4.78 is 1.65. The Labute approximate surface area is 95.3 Å². The van der Waals surface area contributed by atoms with Gasteiger partial charge in [-0.25, -0.2) is 4.68 Å². The second kappa shape index (κ2) is 4.04. The van der Waals surface area contributed by atoms with Crippen molar-refractivity contribution in [3.8, 4) is 5.69 Å². The van der Waals surface area contributed by atoms with Crippen LogP contribution in [0.1, 0.15) is 26.3 Å². The highest BCUT2D eigenvalue weighted by atomic mass is 15.5. The van der Waals surface area contributed by atoms with E-state index in [0.717, 1.165) is 12.1 Å². The molecular weight excluding hydrogens is 200 g/mol. The number of rotatable bonds is 2. The third kappa shape index (κ3) is 2.66. The van der Waals surface area contributed by atoms with Gasteiger partial charge in [-0.05, 0) is 40.0 Å². The molecule has 0 unspecified atom stereocenters. The van der Waals surface area contributed by atoms with Crippen LogP contribution in [0.2, 0.25) is 0 Å². The van der Waals surface area contributed by atoms with Crippen molar-refractivity contribution >= 4 is 0 Å². The van der Waals surface area contributed by atoms with E-state index in [1.165, 1.54) is 5.56 Å². The van der Waals surface area contributed by atoms with Crippen LogP contribution in [-0.2, 0) is 6.42 Å². The number of aromatic nitrogens is 4. The summed E-state index contributed by atoms with van der Waals surface area (Å²) in [7, 11) is 0. The van der Waals surface area contributed by atoms with E-state index >= 15 is 0 Å². The molecule has 0 atom stereocenters. The van der Waals surface area contributed by atoms with E-state index in [0.29, 0.717) is 5.41 Å². The average Bonchev–Trinajstić information content (AvgIpc) is 2.69. The molecule has 0 amide bonds. The molecule has 0 saturated heterocycles. The third-order valence-electron chi connectivity index (χ3n) is 2.28. The van der Waals surface area contributed by atoms with Crippen LogP contribution in [0.15, 0.2) is 30.6 Å². The fourth-order valence-electron chi connectivity index (χ4n) is 1.66. The summed E-state index contributed by atoms with van der Waals surface area (Å²) in [4.78, 5) is 0. The maximum Gasteiger partial charge on any atom is 0.143 e. The van der Waals surface area contributed by atoms with Crippen molar-refractivity contribution in [2.24, 2.45) is 5.41 Å². The van der Waals surface area contributed by atoms with E-state index in [-0.39, 0.29) is 0 Å². The molecule has 16 heavy (non-hydrogen) atoms. The maximum atomic E-state index is 3.85. The molecule has 0 aliphatic carbocycles. The standard InChI is InChI=1S/C12H16N4/c1-12(2,3)8-10-4-6-11(7-5-10)16-9-13-14-15-16/h4-7,9H,8H2,1-3H3. The van der Waals surface area contributed by atoms with Gasteiger partial charge in [-0.1, -0.05) is 32.9 Å². The molecule has 1 aromatic carbocycles. The van der Waals surface area contributed by atoms with Crippen LogP contribution in [0.4, 0.5) is 0 Å². The zero-order chi connectivity index (χ0) is 11.6. The predicted molar refractivity (Wildman–Crippen MR) is 62.3 cm³/mol. The monoisotopic (exact) mass is 216 g/mol. The van der Waals surface area contributed by atoms with Crippen molar-refractivity contribution in [3.63, 3.8) is 0 Å². The fourth-order valence-corrected chi connectivity index (χ4v) is 1.66. The molecule has 4 nitrogen and oxygen atoms in total. The Morgan fingerprint density at radius 1 is 1.12 bits per heavy atom. The van der Waals surface area contributed by atoms with Crippen LogP contribution >= 0.6 is 0 Å². The number of hydrogen-bond donors (Lipinski definition) is 0. The summed E-state index contributed by atoms with van der Waals surface area (Å²) in [6.45, 7) is 6.72. The molecule has 0 radical (unpaired) electrons. The lowest BCUT2D eigenvalue weighted by molar-refractivity contribution is 0.411. The number of nitrogens with zero attached hydrogens (tertiary/aromatic N) is 4. The van der Waals surface area contributed by atoms with Gasteiger partial charge in [0.2, 0.25) is 0 Å². The summed E-state index contributed by atoms with van der Waals surface area (Å²) >= 11 is 0. The van der Waals surface area contributed by atoms with E-state index in [1.54, 1.807) is 11.0 Å². The van der Waals surface area contributed by atoms with Gasteiger partial charge < -0.3 is 0 Å². The van der Waals surface area contributed by atoms with Gasteiger partial charge in [-0.3, -0.25) is 0 Å². The van der Waals surface area contributed by atoms with Gasteiger partial charge in [0.05, 0.1) is 5.69 Å². The molecule has 0 spiro atoms. The fraction of sp³-hybridized carbons (Fsp3) is 0.417. The molecule has 0 N–H and O–H groups in total. The van der Waals surface area contributed by atoms with Crippen molar-refractivity contribution < 1.29 is 0 Å². The van der Waals surface area contributed by atoms with Crippen LogP contribution in [-0.4, -0.2) is 20.2 Å². The van der Waals surface area contributed by atoms with Gasteiger partial charge in [0, 0.05) is 0 Å². The highest BCUT2D eigenvalue weighted by Crippen LogP contribution is 2.21. The Balaban J connectivity index is 2.17. The first kappa shape index (κ1) is 10.8. The molecule has 0 saturated carbocycles. The molecule has 0 aliphatic heterocycles. The summed E-state index contributed by atoms with van der Waals surface area (Å²) in [6.07, 6.45) is 2.67. The van der Waals surface area contributed by atoms with Gasteiger partial charge in [0.25, 0.3) is 0 Å². The predicted octanol–water partition coefficient (Wildman–Crippen LogP) is 2.25. The molecule has 0 bridgehead atoms. The molecular formula is C12H16N4. The lowest BCUT2D eigenvalue weighted by Gasteiger charge is -2.18. The second-order valence-electron chi connectivity index (χ2n) is 5.16. The number of hydrogen-bond acceptors (Lipinski definition) is 3. The Hall–Kier alpha value is -1.71. The van der Waals surface area contributed by atoms with Crippen molar-refractivity contribution in [3.05, 3.63) is 36.2 Å². The van der Waals surface area contributed by atoms with Crippen molar-refractivity contribution in [1.82, 2.24) is 20.2 Å². The molecule has 0 fully saturated rings. The molecule has 2 rings (SSSR count). The minimum absolute atomic E-state index is 0.316. The van der Waals surface area contributed by atoms with Crippen molar-refractivity contribution in [2.45, 2.75) is 27.2 Å². The maximum absolute atomic E-state index is 3.85. The average molecular weight is 216 g/mol. The first-order valence-electron chi connectivity index (χ1n) is 5.37. The smallest absolute Gasteiger partial charge is 0.143 e. The summed E-state index contributed by atoms with van der Waals surface area (Å²) in [5, 5.41) is 11.1. The van der Waals surface area contributed by atoms with Crippen LogP contribution in [0, 0.1) is 5.41 Å². The van der Waals surface area contributed by atoms with Gasteiger partial charge in [-0.15, -0.1) is 5.10 Å². The van der Waals surface area contributed by atoms with Crippen LogP contribution in [0.25, 0.3) is 5.69 Å². The molecule has 1 heterocycles. The van der Waals surface area contributed by atoms with Crippen LogP contribution in [0.3, 0.4) is 0 Å². The molecule has 84 valence electrons. The molecule has 1 aromatic heterocycles. The highest BCUT2D eigenvalue weighted by Gasteiger charge is 2.11. The minimum Gasteiger partial charge on any atom is -0.201 e. The molecule has 4 heteroatoms. The normalized spacial score (nSPS) is 11.7. The zero-order valence-electron chi connectivity index (χ0n) is 9.88. The largest absolute Gasteiger partial charge is 0.201 e. The highest BCUT2D eigenvalue weighted by molar-refractivity contribution is 5.33. The summed E-state index contributed by atoms with van der Waals surface area (Å²) in [6, 6.07) is 8.33. The lowest BCUT2D eigenvalue weighted by Crippen LogP contribution is -2.09. The summed E-state index contributed by atoms with van der Waals surface area (Å²) in [5.74, 6) is 0. The van der Waals surface area contributed by atoms with E-state index in [9.17, 15) is 0 Å². The Morgan fingerprint density at radius 2 is 1.81 bits per heavy atom. The first-order chi connectivity index (χ1) is 7.54. The Bertz CT molecular complexity index is 437. The molecule has 0 aliphatic rings. The van der Waals surface area contributed by atoms with E-state index in [2.05, 4.69) is 48.4 Å². The number of benzene rings is 1. The van der Waals surface area contributed by atoms with Gasteiger partial charge >= 0.3 is 0 Å². The third-order valence-corrected chi connectivity index (χ3v) is 2.28. The van der Waals surface area contributed by atoms with E-state index in [1.807, 2.05) is 12.1 Å².